The minimum Gasteiger partial charge on any atom is -0.353 e. The molecule has 0 atom stereocenters. The van der Waals surface area contributed by atoms with Gasteiger partial charge in [-0.1, -0.05) is 28.1 Å². The number of benzene rings is 1. The van der Waals surface area contributed by atoms with Crippen LogP contribution < -0.4 is 15.5 Å². The van der Waals surface area contributed by atoms with Crippen molar-refractivity contribution in [2.24, 2.45) is 0 Å². The molecule has 3 rings (SSSR count). The van der Waals surface area contributed by atoms with Gasteiger partial charge in [-0.2, -0.15) is 0 Å². The summed E-state index contributed by atoms with van der Waals surface area (Å²) in [5, 5.41) is 5.42. The highest BCUT2D eigenvalue weighted by Crippen LogP contribution is 2.15. The number of carbonyl (C=O) groups excluding carboxylic acids is 2. The summed E-state index contributed by atoms with van der Waals surface area (Å²) in [6, 6.07) is 12.9. The number of hydrogen-bond donors (Lipinski definition) is 2. The van der Waals surface area contributed by atoms with E-state index in [9.17, 15) is 9.59 Å². The van der Waals surface area contributed by atoms with Gasteiger partial charge in [0.2, 0.25) is 5.91 Å². The van der Waals surface area contributed by atoms with Crippen LogP contribution in [0.2, 0.25) is 0 Å². The highest BCUT2D eigenvalue weighted by molar-refractivity contribution is 9.10. The number of nitrogens with one attached hydrogen (secondary N) is 2. The molecule has 2 heterocycles. The molecule has 26 heavy (non-hydrogen) atoms. The Morgan fingerprint density at radius 2 is 1.88 bits per heavy atom. The van der Waals surface area contributed by atoms with E-state index >= 15 is 0 Å². The first-order valence-electron chi connectivity index (χ1n) is 8.36. The Morgan fingerprint density at radius 3 is 2.58 bits per heavy atom. The van der Waals surface area contributed by atoms with Gasteiger partial charge in [-0.05, 0) is 30.3 Å². The zero-order valence-corrected chi connectivity index (χ0v) is 15.8. The predicted octanol–water partition coefficient (Wildman–Crippen LogP) is 2.31. The van der Waals surface area contributed by atoms with Crippen LogP contribution in [0.5, 0.6) is 0 Å². The summed E-state index contributed by atoms with van der Waals surface area (Å²) in [5.41, 5.74) is 0.683. The first kappa shape index (κ1) is 18.2. The number of hydrogen-bond acceptors (Lipinski definition) is 4. The van der Waals surface area contributed by atoms with E-state index in [1.54, 1.807) is 23.2 Å². The summed E-state index contributed by atoms with van der Waals surface area (Å²) in [7, 11) is 0. The summed E-state index contributed by atoms with van der Waals surface area (Å²) in [6.45, 7) is 2.56. The van der Waals surface area contributed by atoms with Gasteiger partial charge in [0.05, 0.1) is 6.54 Å². The number of urea groups is 1. The molecule has 0 unspecified atom stereocenters. The molecule has 1 aromatic heterocycles. The van der Waals surface area contributed by atoms with Crippen molar-refractivity contribution in [3.63, 3.8) is 0 Å². The predicted molar refractivity (Wildman–Crippen MR) is 104 cm³/mol. The van der Waals surface area contributed by atoms with Crippen LogP contribution in [0.4, 0.5) is 16.3 Å². The van der Waals surface area contributed by atoms with Crippen LogP contribution in [0, 0.1) is 0 Å². The molecule has 8 heteroatoms. The van der Waals surface area contributed by atoms with Gasteiger partial charge in [0.15, 0.2) is 0 Å². The van der Waals surface area contributed by atoms with Crippen molar-refractivity contribution in [1.82, 2.24) is 15.2 Å². The molecule has 0 aliphatic carbocycles. The third-order valence-electron chi connectivity index (χ3n) is 4.05. The van der Waals surface area contributed by atoms with Crippen LogP contribution >= 0.6 is 15.9 Å². The molecule has 1 aliphatic heterocycles. The second kappa shape index (κ2) is 8.66. The van der Waals surface area contributed by atoms with Gasteiger partial charge in [-0.15, -0.1) is 0 Å². The molecule has 0 bridgehead atoms. The van der Waals surface area contributed by atoms with Crippen LogP contribution in [-0.4, -0.2) is 54.5 Å². The average Bonchev–Trinajstić information content (AvgIpc) is 2.67. The zero-order valence-electron chi connectivity index (χ0n) is 14.2. The molecule has 136 valence electrons. The van der Waals surface area contributed by atoms with Crippen LogP contribution in [0.1, 0.15) is 0 Å². The van der Waals surface area contributed by atoms with E-state index < -0.39 is 0 Å². The molecule has 2 aromatic rings. The lowest BCUT2D eigenvalue weighted by Crippen LogP contribution is -2.52. The smallest absolute Gasteiger partial charge is 0.317 e. The van der Waals surface area contributed by atoms with Crippen molar-refractivity contribution in [1.29, 1.82) is 0 Å². The fourth-order valence-electron chi connectivity index (χ4n) is 2.72. The maximum absolute atomic E-state index is 12.2. The highest BCUT2D eigenvalue weighted by Gasteiger charge is 2.21. The number of nitrogens with zero attached hydrogens (tertiary/aromatic N) is 3. The van der Waals surface area contributed by atoms with E-state index in [0.29, 0.717) is 31.9 Å². The number of anilines is 2. The molecule has 0 spiro atoms. The fraction of sp³-hybridized carbons (Fsp3) is 0.278. The van der Waals surface area contributed by atoms with E-state index in [2.05, 4.69) is 36.4 Å². The Labute approximate surface area is 160 Å². The van der Waals surface area contributed by atoms with Crippen LogP contribution in [0.25, 0.3) is 0 Å². The quantitative estimate of drug-likeness (QED) is 0.799. The Balaban J connectivity index is 1.42. The molecular formula is C18H20BrN5O2. The molecule has 2 N–H and O–H groups in total. The lowest BCUT2D eigenvalue weighted by Gasteiger charge is -2.35. The van der Waals surface area contributed by atoms with Crippen molar-refractivity contribution in [2.45, 2.75) is 0 Å². The molecule has 3 amide bonds. The second-order valence-electron chi connectivity index (χ2n) is 5.88. The molecule has 1 aromatic carbocycles. The van der Waals surface area contributed by atoms with Gasteiger partial charge in [-0.3, -0.25) is 4.79 Å². The minimum absolute atomic E-state index is 0.0637. The third-order valence-corrected chi connectivity index (χ3v) is 4.54. The number of amides is 3. The van der Waals surface area contributed by atoms with Crippen molar-refractivity contribution < 1.29 is 9.59 Å². The lowest BCUT2D eigenvalue weighted by atomic mass is 10.3. The van der Waals surface area contributed by atoms with E-state index in [-0.39, 0.29) is 18.5 Å². The fourth-order valence-corrected chi connectivity index (χ4v) is 3.12. The van der Waals surface area contributed by atoms with E-state index in [4.69, 9.17) is 0 Å². The average molecular weight is 418 g/mol. The molecule has 1 saturated heterocycles. The number of aromatic nitrogens is 1. The lowest BCUT2D eigenvalue weighted by molar-refractivity contribution is -0.115. The SMILES string of the molecule is O=C(CNC(=O)N1CCN(c2ccccn2)CC1)Nc1cccc(Br)c1. The maximum Gasteiger partial charge on any atom is 0.317 e. The molecule has 1 aliphatic rings. The third kappa shape index (κ3) is 4.95. The van der Waals surface area contributed by atoms with Crippen molar-refractivity contribution >= 4 is 39.4 Å². The Bertz CT molecular complexity index is 763. The Morgan fingerprint density at radius 1 is 1.08 bits per heavy atom. The molecule has 0 saturated carbocycles. The van der Waals surface area contributed by atoms with E-state index in [1.807, 2.05) is 30.3 Å². The summed E-state index contributed by atoms with van der Waals surface area (Å²) < 4.78 is 0.880. The van der Waals surface area contributed by atoms with Gasteiger partial charge in [0.1, 0.15) is 5.82 Å². The number of carbonyl (C=O) groups is 2. The second-order valence-corrected chi connectivity index (χ2v) is 6.79. The van der Waals surface area contributed by atoms with Gasteiger partial charge in [0, 0.05) is 42.5 Å². The van der Waals surface area contributed by atoms with Gasteiger partial charge < -0.3 is 20.4 Å². The number of pyridine rings is 1. The number of rotatable bonds is 4. The number of halogens is 1. The topological polar surface area (TPSA) is 77.6 Å². The van der Waals surface area contributed by atoms with Crippen molar-refractivity contribution in [3.8, 4) is 0 Å². The summed E-state index contributed by atoms with van der Waals surface area (Å²) >= 11 is 3.35. The Kier molecular flexibility index (Phi) is 6.06. The van der Waals surface area contributed by atoms with E-state index in [0.717, 1.165) is 10.3 Å². The monoisotopic (exact) mass is 417 g/mol. The molecular weight excluding hydrogens is 398 g/mol. The molecule has 1 fully saturated rings. The van der Waals surface area contributed by atoms with Crippen molar-refractivity contribution in [3.05, 3.63) is 53.1 Å². The van der Waals surface area contributed by atoms with Crippen LogP contribution in [0.3, 0.4) is 0 Å². The van der Waals surface area contributed by atoms with E-state index in [1.165, 1.54) is 0 Å². The normalized spacial score (nSPS) is 14.0. The zero-order chi connectivity index (χ0) is 18.4. The van der Waals surface area contributed by atoms with Crippen molar-refractivity contribution in [2.75, 3.05) is 42.9 Å². The van der Waals surface area contributed by atoms with Gasteiger partial charge >= 0.3 is 6.03 Å². The summed E-state index contributed by atoms with van der Waals surface area (Å²) in [4.78, 5) is 32.4. The summed E-state index contributed by atoms with van der Waals surface area (Å²) in [5.74, 6) is 0.657. The summed E-state index contributed by atoms with van der Waals surface area (Å²) in [6.07, 6.45) is 1.76. The largest absolute Gasteiger partial charge is 0.353 e. The van der Waals surface area contributed by atoms with Crippen LogP contribution in [-0.2, 0) is 4.79 Å². The first-order valence-corrected chi connectivity index (χ1v) is 9.15. The molecule has 7 nitrogen and oxygen atoms in total. The minimum atomic E-state index is -0.261. The van der Waals surface area contributed by atoms with Gasteiger partial charge in [-0.25, -0.2) is 9.78 Å². The number of piperazine rings is 1. The highest BCUT2D eigenvalue weighted by atomic mass is 79.9. The van der Waals surface area contributed by atoms with Gasteiger partial charge in [0.25, 0.3) is 0 Å². The standard InChI is InChI=1S/C18H20BrN5O2/c19-14-4-3-5-15(12-14)22-17(25)13-21-18(26)24-10-8-23(9-11-24)16-6-1-2-7-20-16/h1-7,12H,8-11,13H2,(H,21,26)(H,22,25). The maximum atomic E-state index is 12.2. The van der Waals surface area contributed by atoms with Crippen LogP contribution in [0.15, 0.2) is 53.1 Å². The Hall–Kier alpha value is -2.61. The first-order chi connectivity index (χ1) is 12.6. The molecule has 0 radical (unpaired) electrons.